The number of hydrogen-bond donors (Lipinski definition) is 0. The number of benzene rings is 2. The lowest BCUT2D eigenvalue weighted by Crippen LogP contribution is -2.34. The van der Waals surface area contributed by atoms with E-state index in [1.54, 1.807) is 38.1 Å². The zero-order valence-electron chi connectivity index (χ0n) is 28.7. The molecule has 0 amide bonds. The fraction of sp³-hybridized carbons (Fsp3) is 0.538. The number of halogens is 3. The van der Waals surface area contributed by atoms with Crippen molar-refractivity contribution in [3.63, 3.8) is 0 Å². The van der Waals surface area contributed by atoms with Crippen LogP contribution in [0.15, 0.2) is 54.9 Å². The van der Waals surface area contributed by atoms with Gasteiger partial charge in [0.1, 0.15) is 5.75 Å². The van der Waals surface area contributed by atoms with Gasteiger partial charge in [-0.15, -0.1) is 0 Å². The molecule has 0 fully saturated rings. The Morgan fingerprint density at radius 3 is 1.83 bits per heavy atom. The van der Waals surface area contributed by atoms with Gasteiger partial charge in [-0.2, -0.15) is 13.2 Å². The highest BCUT2D eigenvalue weighted by atomic mass is 19.4. The van der Waals surface area contributed by atoms with Crippen molar-refractivity contribution < 1.29 is 32.2 Å². The second-order valence-electron chi connectivity index (χ2n) is 12.6. The summed E-state index contributed by atoms with van der Waals surface area (Å²) in [6, 6.07) is 10.8. The Bertz CT molecular complexity index is 1390. The van der Waals surface area contributed by atoms with Crippen molar-refractivity contribution in [2.75, 3.05) is 0 Å². The third kappa shape index (κ3) is 13.4. The number of nitrogens with zero attached hydrogens (tertiary/aromatic N) is 2. The number of ether oxygens (including phenoxy) is 2. The van der Waals surface area contributed by atoms with Gasteiger partial charge in [-0.3, -0.25) is 0 Å². The van der Waals surface area contributed by atoms with E-state index in [0.29, 0.717) is 23.4 Å². The number of carbonyl (C=O) groups excluding carboxylic acids is 2. The molecule has 0 aliphatic carbocycles. The minimum absolute atomic E-state index is 0.0231. The molecule has 0 aliphatic rings. The first-order chi connectivity index (χ1) is 23.1. The first kappa shape index (κ1) is 38.7. The van der Waals surface area contributed by atoms with E-state index in [-0.39, 0.29) is 24.2 Å². The average Bonchev–Trinajstić information content (AvgIpc) is 3.07. The molecule has 9 heteroatoms. The Kier molecular flexibility index (Phi) is 16.6. The molecule has 6 nitrogen and oxygen atoms in total. The van der Waals surface area contributed by atoms with E-state index in [1.165, 1.54) is 88.8 Å². The maximum atomic E-state index is 13.3. The zero-order chi connectivity index (χ0) is 34.8. The van der Waals surface area contributed by atoms with Gasteiger partial charge in [0.15, 0.2) is 11.9 Å². The van der Waals surface area contributed by atoms with Crippen LogP contribution >= 0.6 is 0 Å². The molecule has 0 saturated carbocycles. The minimum Gasteiger partial charge on any atom is -0.449 e. The van der Waals surface area contributed by atoms with Crippen LogP contribution in [0.2, 0.25) is 0 Å². The van der Waals surface area contributed by atoms with Gasteiger partial charge in [0, 0.05) is 18.0 Å². The van der Waals surface area contributed by atoms with E-state index in [9.17, 15) is 22.8 Å². The van der Waals surface area contributed by atoms with Crippen molar-refractivity contribution >= 4 is 11.9 Å². The summed E-state index contributed by atoms with van der Waals surface area (Å²) in [5, 5.41) is 0. The summed E-state index contributed by atoms with van der Waals surface area (Å²) in [6.07, 6.45) is 14.2. The maximum Gasteiger partial charge on any atom is 0.425 e. The van der Waals surface area contributed by atoms with E-state index in [4.69, 9.17) is 9.47 Å². The van der Waals surface area contributed by atoms with E-state index in [0.717, 1.165) is 24.0 Å². The highest BCUT2D eigenvalue weighted by Gasteiger charge is 2.42. The molecule has 2 aromatic carbocycles. The van der Waals surface area contributed by atoms with Gasteiger partial charge in [0.25, 0.3) is 0 Å². The van der Waals surface area contributed by atoms with Crippen LogP contribution in [0, 0.1) is 6.92 Å². The van der Waals surface area contributed by atoms with Crippen LogP contribution in [0.4, 0.5) is 13.2 Å². The molecule has 48 heavy (non-hydrogen) atoms. The second kappa shape index (κ2) is 20.6. The fourth-order valence-electron chi connectivity index (χ4n) is 5.52. The topological polar surface area (TPSA) is 78.4 Å². The summed E-state index contributed by atoms with van der Waals surface area (Å²) in [6.45, 7) is 5.56. The van der Waals surface area contributed by atoms with Crippen molar-refractivity contribution in [2.45, 2.75) is 136 Å². The Hall–Kier alpha value is -3.75. The highest BCUT2D eigenvalue weighted by Crippen LogP contribution is 2.29. The number of rotatable bonds is 21. The fourth-order valence-corrected chi connectivity index (χ4v) is 5.52. The number of carbonyl (C=O) groups is 2. The summed E-state index contributed by atoms with van der Waals surface area (Å²) in [4.78, 5) is 34.3. The minimum atomic E-state index is -4.65. The molecule has 262 valence electrons. The normalized spacial score (nSPS) is 12.1. The Morgan fingerprint density at radius 2 is 1.29 bits per heavy atom. The SMILES string of the molecule is CCCCCCCCCCCCCCc1cnc(-c2ccc(C(=O)Oc3ccc(C(=O)O[C@@H](CCCC)C(F)(F)F)c(C)c3)cc2)nc1. The quantitative estimate of drug-likeness (QED) is 0.0638. The van der Waals surface area contributed by atoms with Crippen LogP contribution in [0.3, 0.4) is 0 Å². The lowest BCUT2D eigenvalue weighted by Gasteiger charge is -2.21. The predicted octanol–water partition coefficient (Wildman–Crippen LogP) is 11.2. The Balaban J connectivity index is 1.43. The first-order valence-electron chi connectivity index (χ1n) is 17.6. The predicted molar refractivity (Wildman–Crippen MR) is 183 cm³/mol. The number of unbranched alkanes of at least 4 members (excludes halogenated alkanes) is 12. The van der Waals surface area contributed by atoms with Crippen LogP contribution in [0.25, 0.3) is 11.4 Å². The first-order valence-corrected chi connectivity index (χ1v) is 17.6. The average molecular weight is 669 g/mol. The molecule has 0 aliphatic heterocycles. The van der Waals surface area contributed by atoms with Crippen molar-refractivity contribution in [1.29, 1.82) is 0 Å². The number of aromatic nitrogens is 2. The summed E-state index contributed by atoms with van der Waals surface area (Å²) >= 11 is 0. The molecule has 1 atom stereocenters. The summed E-state index contributed by atoms with van der Waals surface area (Å²) in [7, 11) is 0. The second-order valence-corrected chi connectivity index (χ2v) is 12.6. The molecule has 0 spiro atoms. The molecular formula is C39H51F3N2O4. The molecule has 0 saturated heterocycles. The van der Waals surface area contributed by atoms with Crippen LogP contribution in [-0.4, -0.2) is 34.2 Å². The van der Waals surface area contributed by atoms with Crippen LogP contribution in [0.5, 0.6) is 5.75 Å². The molecule has 0 radical (unpaired) electrons. The van der Waals surface area contributed by atoms with Crippen molar-refractivity contribution in [3.8, 4) is 17.1 Å². The highest BCUT2D eigenvalue weighted by molar-refractivity contribution is 5.93. The molecule has 3 aromatic rings. The number of alkyl halides is 3. The molecule has 1 aromatic heterocycles. The molecular weight excluding hydrogens is 617 g/mol. The van der Waals surface area contributed by atoms with Gasteiger partial charge >= 0.3 is 18.1 Å². The Labute approximate surface area is 283 Å². The lowest BCUT2D eigenvalue weighted by molar-refractivity contribution is -0.206. The largest absolute Gasteiger partial charge is 0.449 e. The van der Waals surface area contributed by atoms with Crippen molar-refractivity contribution in [1.82, 2.24) is 9.97 Å². The Morgan fingerprint density at radius 1 is 0.729 bits per heavy atom. The van der Waals surface area contributed by atoms with Crippen molar-refractivity contribution in [2.24, 2.45) is 0 Å². The van der Waals surface area contributed by atoms with Gasteiger partial charge in [-0.1, -0.05) is 103 Å². The standard InChI is InChI=1S/C39H51F3N2O4/c1-4-6-8-9-10-11-12-13-14-15-16-17-18-30-27-43-36(44-28-30)31-20-22-32(23-21-31)37(45)47-33-24-25-34(29(3)26-33)38(46)48-35(19-7-5-2)39(40,41)42/h20-28,35H,4-19H2,1-3H3/t35-/m0/s1. The smallest absolute Gasteiger partial charge is 0.425 e. The van der Waals surface area contributed by atoms with Crippen LogP contribution in [0.1, 0.15) is 142 Å². The molecule has 3 rings (SSSR count). The van der Waals surface area contributed by atoms with Gasteiger partial charge in [0.05, 0.1) is 11.1 Å². The van der Waals surface area contributed by atoms with Gasteiger partial charge in [-0.05, 0) is 74.1 Å². The molecule has 1 heterocycles. The third-order valence-corrected chi connectivity index (χ3v) is 8.47. The summed E-state index contributed by atoms with van der Waals surface area (Å²) in [5.41, 5.74) is 2.48. The van der Waals surface area contributed by atoms with E-state index >= 15 is 0 Å². The van der Waals surface area contributed by atoms with E-state index in [2.05, 4.69) is 16.9 Å². The summed E-state index contributed by atoms with van der Waals surface area (Å²) < 4.78 is 50.2. The lowest BCUT2D eigenvalue weighted by atomic mass is 10.0. The van der Waals surface area contributed by atoms with Gasteiger partial charge in [-0.25, -0.2) is 19.6 Å². The van der Waals surface area contributed by atoms with E-state index < -0.39 is 24.2 Å². The monoisotopic (exact) mass is 668 g/mol. The number of esters is 2. The zero-order valence-corrected chi connectivity index (χ0v) is 28.7. The number of aryl methyl sites for hydroxylation is 2. The van der Waals surface area contributed by atoms with Crippen LogP contribution < -0.4 is 4.74 Å². The summed E-state index contributed by atoms with van der Waals surface area (Å²) in [5.74, 6) is -0.969. The van der Waals surface area contributed by atoms with Crippen LogP contribution in [-0.2, 0) is 11.2 Å². The van der Waals surface area contributed by atoms with E-state index in [1.807, 2.05) is 12.4 Å². The van der Waals surface area contributed by atoms with Gasteiger partial charge in [0.2, 0.25) is 0 Å². The molecule has 0 unspecified atom stereocenters. The maximum absolute atomic E-state index is 13.3. The third-order valence-electron chi connectivity index (χ3n) is 8.47. The number of hydrogen-bond acceptors (Lipinski definition) is 6. The molecule has 0 N–H and O–H groups in total. The van der Waals surface area contributed by atoms with Gasteiger partial charge < -0.3 is 9.47 Å². The molecule has 0 bridgehead atoms. The van der Waals surface area contributed by atoms with Crippen molar-refractivity contribution in [3.05, 3.63) is 77.1 Å².